The lowest BCUT2D eigenvalue weighted by molar-refractivity contribution is -0.121. The van der Waals surface area contributed by atoms with Crippen molar-refractivity contribution in [3.05, 3.63) is 69.5 Å². The van der Waals surface area contributed by atoms with Gasteiger partial charge in [0.25, 0.3) is 5.56 Å². The van der Waals surface area contributed by atoms with E-state index in [-0.39, 0.29) is 37.5 Å². The number of furan rings is 1. The number of fused-ring (bicyclic) bond motifs is 1. The van der Waals surface area contributed by atoms with Crippen LogP contribution in [0.4, 0.5) is 0 Å². The SMILES string of the molecule is CCOC(=O)c1c[nH]c(=O)c([C@H](CC(=O)NCc2ccco2)c2cc(OC)c3c(c2)OCO3)c1O. The van der Waals surface area contributed by atoms with Gasteiger partial charge in [-0.05, 0) is 36.8 Å². The summed E-state index contributed by atoms with van der Waals surface area (Å²) in [4.78, 5) is 40.6. The molecule has 3 aromatic rings. The minimum Gasteiger partial charge on any atom is -0.506 e. The highest BCUT2D eigenvalue weighted by Gasteiger charge is 2.31. The van der Waals surface area contributed by atoms with Gasteiger partial charge in [0.05, 0.1) is 32.1 Å². The van der Waals surface area contributed by atoms with Crippen LogP contribution in [-0.2, 0) is 16.1 Å². The Morgan fingerprint density at radius 1 is 1.29 bits per heavy atom. The summed E-state index contributed by atoms with van der Waals surface area (Å²) >= 11 is 0. The number of nitrogens with one attached hydrogen (secondary N) is 2. The van der Waals surface area contributed by atoms with Crippen molar-refractivity contribution in [3.63, 3.8) is 0 Å². The van der Waals surface area contributed by atoms with Gasteiger partial charge in [-0.15, -0.1) is 0 Å². The van der Waals surface area contributed by atoms with Crippen molar-refractivity contribution in [3.8, 4) is 23.0 Å². The minimum absolute atomic E-state index is 0.0202. The van der Waals surface area contributed by atoms with Crippen LogP contribution in [0.5, 0.6) is 23.0 Å². The molecule has 0 bridgehead atoms. The zero-order chi connectivity index (χ0) is 24.9. The summed E-state index contributed by atoms with van der Waals surface area (Å²) in [7, 11) is 1.44. The predicted molar refractivity (Wildman–Crippen MR) is 121 cm³/mol. The first-order valence-corrected chi connectivity index (χ1v) is 10.8. The Morgan fingerprint density at radius 2 is 2.11 bits per heavy atom. The van der Waals surface area contributed by atoms with E-state index < -0.39 is 29.1 Å². The molecule has 1 aromatic carbocycles. The second kappa shape index (κ2) is 10.2. The van der Waals surface area contributed by atoms with Gasteiger partial charge >= 0.3 is 5.97 Å². The van der Waals surface area contributed by atoms with Gasteiger partial charge < -0.3 is 38.8 Å². The largest absolute Gasteiger partial charge is 0.506 e. The number of pyridine rings is 1. The summed E-state index contributed by atoms with van der Waals surface area (Å²) in [5.41, 5.74) is -0.642. The van der Waals surface area contributed by atoms with E-state index in [1.807, 2.05) is 0 Å². The molecule has 1 aliphatic rings. The number of hydrogen-bond donors (Lipinski definition) is 3. The van der Waals surface area contributed by atoms with Crippen LogP contribution in [0.1, 0.15) is 46.5 Å². The molecule has 0 fully saturated rings. The van der Waals surface area contributed by atoms with Gasteiger partial charge in [0.1, 0.15) is 17.1 Å². The fourth-order valence-corrected chi connectivity index (χ4v) is 3.82. The van der Waals surface area contributed by atoms with E-state index in [2.05, 4.69) is 10.3 Å². The van der Waals surface area contributed by atoms with Gasteiger partial charge in [0.2, 0.25) is 18.4 Å². The number of aromatic nitrogens is 1. The maximum absolute atomic E-state index is 12.9. The Bertz CT molecular complexity index is 1280. The van der Waals surface area contributed by atoms with E-state index in [0.29, 0.717) is 28.6 Å². The molecule has 3 N–H and O–H groups in total. The van der Waals surface area contributed by atoms with Crippen molar-refractivity contribution in [2.24, 2.45) is 0 Å². The van der Waals surface area contributed by atoms with Crippen LogP contribution in [0.3, 0.4) is 0 Å². The minimum atomic E-state index is -0.979. The quantitative estimate of drug-likeness (QED) is 0.389. The number of amides is 1. The highest BCUT2D eigenvalue weighted by molar-refractivity contribution is 5.92. The second-order valence-corrected chi connectivity index (χ2v) is 7.58. The first kappa shape index (κ1) is 23.7. The van der Waals surface area contributed by atoms with Crippen LogP contribution in [0, 0.1) is 0 Å². The fraction of sp³-hybridized carbons (Fsp3) is 0.292. The van der Waals surface area contributed by atoms with Crippen molar-refractivity contribution in [2.75, 3.05) is 20.5 Å². The number of carbonyl (C=O) groups is 2. The van der Waals surface area contributed by atoms with Gasteiger partial charge in [0, 0.05) is 18.5 Å². The molecule has 4 rings (SSSR count). The number of benzene rings is 1. The summed E-state index contributed by atoms with van der Waals surface area (Å²) in [5, 5.41) is 13.7. The number of aromatic amines is 1. The predicted octanol–water partition coefficient (Wildman–Crippen LogP) is 2.43. The van der Waals surface area contributed by atoms with E-state index in [1.54, 1.807) is 31.2 Å². The van der Waals surface area contributed by atoms with Crippen molar-refractivity contribution in [1.82, 2.24) is 10.3 Å². The van der Waals surface area contributed by atoms with Crippen LogP contribution in [0.25, 0.3) is 0 Å². The molecule has 0 saturated carbocycles. The maximum atomic E-state index is 12.9. The van der Waals surface area contributed by atoms with Crippen LogP contribution in [-0.4, -0.2) is 42.5 Å². The van der Waals surface area contributed by atoms with Crippen molar-refractivity contribution in [2.45, 2.75) is 25.8 Å². The average molecular weight is 484 g/mol. The highest BCUT2D eigenvalue weighted by atomic mass is 16.7. The second-order valence-electron chi connectivity index (χ2n) is 7.58. The Kier molecular flexibility index (Phi) is 6.95. The number of aromatic hydroxyl groups is 1. The zero-order valence-electron chi connectivity index (χ0n) is 19.1. The molecule has 0 unspecified atom stereocenters. The van der Waals surface area contributed by atoms with Crippen LogP contribution < -0.4 is 25.1 Å². The normalized spacial score (nSPS) is 12.7. The Hall–Kier alpha value is -4.41. The standard InChI is InChI=1S/C24H24N2O9/c1-3-32-24(30)16-11-26-23(29)20(21(16)28)15(9-19(27)25-10-14-5-4-6-33-14)13-7-17(31-2)22-18(8-13)34-12-35-22/h4-8,11,15H,3,9-10,12H2,1-2H3,(H,25,27)(H2,26,28,29)/t15-/m1/s1. The number of rotatable bonds is 9. The van der Waals surface area contributed by atoms with Gasteiger partial charge in [0.15, 0.2) is 11.5 Å². The fourth-order valence-electron chi connectivity index (χ4n) is 3.82. The van der Waals surface area contributed by atoms with Crippen LogP contribution in [0.2, 0.25) is 0 Å². The molecule has 0 aliphatic carbocycles. The number of methoxy groups -OCH3 is 1. The molecule has 1 amide bonds. The summed E-state index contributed by atoms with van der Waals surface area (Å²) in [6, 6.07) is 6.60. The number of carbonyl (C=O) groups excluding carboxylic acids is 2. The summed E-state index contributed by atoms with van der Waals surface area (Å²) in [5.74, 6) is -1.18. The third-order valence-corrected chi connectivity index (χ3v) is 5.46. The number of ether oxygens (including phenoxy) is 4. The van der Waals surface area contributed by atoms with Gasteiger partial charge in [-0.2, -0.15) is 0 Å². The number of hydrogen-bond acceptors (Lipinski definition) is 9. The third-order valence-electron chi connectivity index (χ3n) is 5.46. The monoisotopic (exact) mass is 484 g/mol. The topological polar surface area (TPSA) is 149 Å². The highest BCUT2D eigenvalue weighted by Crippen LogP contribution is 2.45. The molecule has 2 aromatic heterocycles. The maximum Gasteiger partial charge on any atom is 0.343 e. The van der Waals surface area contributed by atoms with E-state index in [0.717, 1.165) is 6.20 Å². The smallest absolute Gasteiger partial charge is 0.343 e. The molecule has 1 atom stereocenters. The summed E-state index contributed by atoms with van der Waals surface area (Å²) in [6.07, 6.45) is 2.32. The molecule has 0 spiro atoms. The molecule has 35 heavy (non-hydrogen) atoms. The summed E-state index contributed by atoms with van der Waals surface area (Å²) in [6.45, 7) is 1.80. The van der Waals surface area contributed by atoms with Crippen LogP contribution in [0.15, 0.2) is 45.9 Å². The molecular formula is C24H24N2O9. The van der Waals surface area contributed by atoms with Crippen molar-refractivity contribution in [1.29, 1.82) is 0 Å². The molecule has 11 nitrogen and oxygen atoms in total. The lowest BCUT2D eigenvalue weighted by Crippen LogP contribution is -2.27. The Morgan fingerprint density at radius 3 is 2.83 bits per heavy atom. The number of H-pyrrole nitrogens is 1. The molecule has 11 heteroatoms. The van der Waals surface area contributed by atoms with E-state index in [4.69, 9.17) is 23.4 Å². The molecule has 0 radical (unpaired) electrons. The van der Waals surface area contributed by atoms with Gasteiger partial charge in [-0.1, -0.05) is 0 Å². The van der Waals surface area contributed by atoms with Gasteiger partial charge in [-0.25, -0.2) is 4.79 Å². The summed E-state index contributed by atoms with van der Waals surface area (Å²) < 4.78 is 26.5. The molecule has 0 saturated heterocycles. The van der Waals surface area contributed by atoms with E-state index in [9.17, 15) is 19.5 Å². The third kappa shape index (κ3) is 4.93. The van der Waals surface area contributed by atoms with E-state index >= 15 is 0 Å². The lowest BCUT2D eigenvalue weighted by atomic mass is 9.87. The Balaban J connectivity index is 1.77. The molecular weight excluding hydrogens is 460 g/mol. The average Bonchev–Trinajstić information content (AvgIpc) is 3.53. The number of esters is 1. The van der Waals surface area contributed by atoms with Crippen molar-refractivity contribution < 1.29 is 38.1 Å². The first-order chi connectivity index (χ1) is 16.9. The lowest BCUT2D eigenvalue weighted by Gasteiger charge is -2.20. The van der Waals surface area contributed by atoms with Crippen LogP contribution >= 0.6 is 0 Å². The molecule has 3 heterocycles. The molecule has 1 aliphatic heterocycles. The first-order valence-electron chi connectivity index (χ1n) is 10.8. The van der Waals surface area contributed by atoms with E-state index in [1.165, 1.54) is 13.4 Å². The van der Waals surface area contributed by atoms with Gasteiger partial charge in [-0.3, -0.25) is 9.59 Å². The Labute approximate surface area is 199 Å². The van der Waals surface area contributed by atoms with Crippen molar-refractivity contribution >= 4 is 11.9 Å². The zero-order valence-corrected chi connectivity index (χ0v) is 19.1. The molecule has 184 valence electrons.